The summed E-state index contributed by atoms with van der Waals surface area (Å²) in [6, 6.07) is 7.90. The number of carbonyl (C=O) groups is 1. The first kappa shape index (κ1) is 13.1. The van der Waals surface area contributed by atoms with Gasteiger partial charge in [0.2, 0.25) is 0 Å². The van der Waals surface area contributed by atoms with E-state index in [9.17, 15) is 4.79 Å². The second-order valence-electron chi connectivity index (χ2n) is 3.54. The Balaban J connectivity index is 2.64. The summed E-state index contributed by atoms with van der Waals surface area (Å²) >= 11 is 0. The van der Waals surface area contributed by atoms with Gasteiger partial charge in [0.05, 0.1) is 0 Å². The maximum atomic E-state index is 10.3. The van der Waals surface area contributed by atoms with Crippen LogP contribution in [0.1, 0.15) is 13.8 Å². The van der Waals surface area contributed by atoms with E-state index in [0.717, 1.165) is 24.9 Å². The molecule has 1 aromatic carbocycles. The van der Waals surface area contributed by atoms with Gasteiger partial charge in [-0.1, -0.05) is 0 Å². The highest BCUT2D eigenvalue weighted by Gasteiger charge is 2.00. The fourth-order valence-electron chi connectivity index (χ4n) is 1.57. The van der Waals surface area contributed by atoms with E-state index < -0.39 is 5.97 Å². The Labute approximate surface area is 102 Å². The van der Waals surface area contributed by atoms with E-state index >= 15 is 0 Å². The number of benzene rings is 1. The smallest absolute Gasteiger partial charge is 0.329 e. The number of rotatable bonds is 6. The first-order chi connectivity index (χ1) is 8.17. The second-order valence-corrected chi connectivity index (χ2v) is 3.54. The van der Waals surface area contributed by atoms with Crippen molar-refractivity contribution in [2.45, 2.75) is 13.8 Å². The first-order valence-electron chi connectivity index (χ1n) is 5.68. The Kier molecular flexibility index (Phi) is 5.07. The minimum Gasteiger partial charge on any atom is -0.478 e. The standard InChI is InChI=1S/C13H18N2O2/c1-3-15(4-2)12-7-5-11(6-8-12)14-10-9-13(16)17/h5-10,14H,3-4H2,1-2H3,(H,16,17)/b10-9+. The number of carboxylic acids is 1. The molecule has 0 aliphatic heterocycles. The predicted octanol–water partition coefficient (Wildman–Crippen LogP) is 2.54. The van der Waals surface area contributed by atoms with Crippen LogP contribution in [0.15, 0.2) is 36.5 Å². The molecule has 0 aliphatic carbocycles. The van der Waals surface area contributed by atoms with Crippen molar-refractivity contribution in [3.05, 3.63) is 36.5 Å². The van der Waals surface area contributed by atoms with Gasteiger partial charge < -0.3 is 15.3 Å². The zero-order valence-corrected chi connectivity index (χ0v) is 10.2. The van der Waals surface area contributed by atoms with Crippen LogP contribution in [0.25, 0.3) is 0 Å². The van der Waals surface area contributed by atoms with E-state index in [1.165, 1.54) is 11.9 Å². The molecule has 0 bridgehead atoms. The third-order valence-electron chi connectivity index (χ3n) is 2.47. The number of carboxylic acid groups (broad SMARTS) is 1. The monoisotopic (exact) mass is 234 g/mol. The van der Waals surface area contributed by atoms with Gasteiger partial charge in [-0.15, -0.1) is 0 Å². The normalized spacial score (nSPS) is 10.5. The molecule has 0 spiro atoms. The molecule has 0 unspecified atom stereocenters. The molecule has 0 heterocycles. The lowest BCUT2D eigenvalue weighted by Crippen LogP contribution is -2.21. The van der Waals surface area contributed by atoms with E-state index in [1.807, 2.05) is 24.3 Å². The summed E-state index contributed by atoms with van der Waals surface area (Å²) in [5.41, 5.74) is 2.04. The van der Waals surface area contributed by atoms with Gasteiger partial charge >= 0.3 is 5.97 Å². The van der Waals surface area contributed by atoms with Gasteiger partial charge in [-0.05, 0) is 38.1 Å². The number of nitrogens with one attached hydrogen (secondary N) is 1. The number of nitrogens with zero attached hydrogens (tertiary/aromatic N) is 1. The molecule has 2 N–H and O–H groups in total. The van der Waals surface area contributed by atoms with Crippen molar-refractivity contribution in [2.75, 3.05) is 23.3 Å². The first-order valence-corrected chi connectivity index (χ1v) is 5.68. The zero-order valence-electron chi connectivity index (χ0n) is 10.2. The molecule has 92 valence electrons. The van der Waals surface area contributed by atoms with Crippen LogP contribution in [-0.4, -0.2) is 24.2 Å². The number of hydrogen-bond acceptors (Lipinski definition) is 3. The van der Waals surface area contributed by atoms with Crippen LogP contribution in [0, 0.1) is 0 Å². The molecular weight excluding hydrogens is 216 g/mol. The summed E-state index contributed by atoms with van der Waals surface area (Å²) in [6.07, 6.45) is 2.48. The van der Waals surface area contributed by atoms with Gasteiger partial charge in [0, 0.05) is 36.7 Å². The molecule has 4 heteroatoms. The van der Waals surface area contributed by atoms with Gasteiger partial charge in [0.1, 0.15) is 0 Å². The Morgan fingerprint density at radius 2 is 1.88 bits per heavy atom. The van der Waals surface area contributed by atoms with Crippen molar-refractivity contribution in [1.29, 1.82) is 0 Å². The van der Waals surface area contributed by atoms with Crippen LogP contribution >= 0.6 is 0 Å². The number of aliphatic carboxylic acids is 1. The molecule has 0 saturated carbocycles. The Morgan fingerprint density at radius 3 is 2.35 bits per heavy atom. The predicted molar refractivity (Wildman–Crippen MR) is 70.4 cm³/mol. The summed E-state index contributed by atoms with van der Waals surface area (Å²) in [6.45, 7) is 6.18. The lowest BCUT2D eigenvalue weighted by Gasteiger charge is -2.21. The molecule has 0 aromatic heterocycles. The second kappa shape index (κ2) is 6.58. The van der Waals surface area contributed by atoms with Crippen molar-refractivity contribution >= 4 is 17.3 Å². The molecule has 0 saturated heterocycles. The van der Waals surface area contributed by atoms with Crippen molar-refractivity contribution < 1.29 is 9.90 Å². The minimum atomic E-state index is -0.961. The minimum absolute atomic E-state index is 0.874. The van der Waals surface area contributed by atoms with Gasteiger partial charge in [0.15, 0.2) is 0 Å². The van der Waals surface area contributed by atoms with Gasteiger partial charge in [-0.25, -0.2) is 4.79 Å². The Bertz CT molecular complexity index is 381. The molecule has 1 aromatic rings. The third kappa shape index (κ3) is 4.18. The van der Waals surface area contributed by atoms with Crippen molar-refractivity contribution in [1.82, 2.24) is 0 Å². The van der Waals surface area contributed by atoms with Crippen LogP contribution < -0.4 is 10.2 Å². The maximum Gasteiger partial charge on any atom is 0.329 e. The third-order valence-corrected chi connectivity index (χ3v) is 2.47. The Morgan fingerprint density at radius 1 is 1.29 bits per heavy atom. The molecule has 0 atom stereocenters. The molecule has 1 rings (SSSR count). The van der Waals surface area contributed by atoms with Gasteiger partial charge in [-0.3, -0.25) is 0 Å². The van der Waals surface area contributed by atoms with E-state index in [0.29, 0.717) is 0 Å². The van der Waals surface area contributed by atoms with Crippen molar-refractivity contribution in [3.63, 3.8) is 0 Å². The van der Waals surface area contributed by atoms with Crippen LogP contribution in [0.3, 0.4) is 0 Å². The summed E-state index contributed by atoms with van der Waals surface area (Å²) in [4.78, 5) is 12.5. The summed E-state index contributed by atoms with van der Waals surface area (Å²) in [7, 11) is 0. The summed E-state index contributed by atoms with van der Waals surface area (Å²) in [5, 5.41) is 11.3. The number of hydrogen-bond donors (Lipinski definition) is 2. The lowest BCUT2D eigenvalue weighted by molar-refractivity contribution is -0.131. The molecule has 17 heavy (non-hydrogen) atoms. The topological polar surface area (TPSA) is 52.6 Å². The summed E-state index contributed by atoms with van der Waals surface area (Å²) < 4.78 is 0. The van der Waals surface area contributed by atoms with Crippen LogP contribution in [0.4, 0.5) is 11.4 Å². The molecule has 4 nitrogen and oxygen atoms in total. The van der Waals surface area contributed by atoms with Crippen molar-refractivity contribution in [2.24, 2.45) is 0 Å². The van der Waals surface area contributed by atoms with Crippen molar-refractivity contribution in [3.8, 4) is 0 Å². The van der Waals surface area contributed by atoms with E-state index in [1.54, 1.807) is 0 Å². The van der Waals surface area contributed by atoms with Crippen LogP contribution in [0.5, 0.6) is 0 Å². The molecule has 0 radical (unpaired) electrons. The largest absolute Gasteiger partial charge is 0.478 e. The summed E-state index contributed by atoms with van der Waals surface area (Å²) in [5.74, 6) is -0.961. The zero-order chi connectivity index (χ0) is 12.7. The SMILES string of the molecule is CCN(CC)c1ccc(N/C=C/C(=O)O)cc1. The average Bonchev–Trinajstić information content (AvgIpc) is 2.32. The highest BCUT2D eigenvalue weighted by Crippen LogP contribution is 2.17. The molecular formula is C13H18N2O2. The van der Waals surface area contributed by atoms with Crippen LogP contribution in [-0.2, 0) is 4.79 Å². The average molecular weight is 234 g/mol. The van der Waals surface area contributed by atoms with E-state index in [2.05, 4.69) is 24.1 Å². The fraction of sp³-hybridized carbons (Fsp3) is 0.308. The Hall–Kier alpha value is -1.97. The fourth-order valence-corrected chi connectivity index (χ4v) is 1.57. The van der Waals surface area contributed by atoms with E-state index in [4.69, 9.17) is 5.11 Å². The van der Waals surface area contributed by atoms with Crippen LogP contribution in [0.2, 0.25) is 0 Å². The van der Waals surface area contributed by atoms with E-state index in [-0.39, 0.29) is 0 Å². The highest BCUT2D eigenvalue weighted by molar-refractivity contribution is 5.80. The highest BCUT2D eigenvalue weighted by atomic mass is 16.4. The lowest BCUT2D eigenvalue weighted by atomic mass is 10.2. The maximum absolute atomic E-state index is 10.3. The molecule has 0 amide bonds. The van der Waals surface area contributed by atoms with Gasteiger partial charge in [-0.2, -0.15) is 0 Å². The number of anilines is 2. The van der Waals surface area contributed by atoms with Gasteiger partial charge in [0.25, 0.3) is 0 Å². The molecule has 0 aliphatic rings. The molecule has 0 fully saturated rings. The quantitative estimate of drug-likeness (QED) is 0.743.